The number of carboxylic acid groups (broad SMARTS) is 1. The van der Waals surface area contributed by atoms with Gasteiger partial charge in [-0.1, -0.05) is 6.92 Å². The Hall–Kier alpha value is -2.13. The zero-order valence-electron chi connectivity index (χ0n) is 13.1. The number of benzene rings is 1. The van der Waals surface area contributed by atoms with Crippen molar-refractivity contribution in [3.05, 3.63) is 23.8 Å². The van der Waals surface area contributed by atoms with Gasteiger partial charge in [0.05, 0.1) is 19.1 Å². The lowest BCUT2D eigenvalue weighted by Gasteiger charge is -2.20. The smallest absolute Gasteiger partial charge is 0.341 e. The molecule has 0 radical (unpaired) electrons. The Morgan fingerprint density at radius 1 is 1.26 bits per heavy atom. The van der Waals surface area contributed by atoms with Gasteiger partial charge in [0.25, 0.3) is 0 Å². The standard InChI is InChI=1S/C14H19NO7S/c1-4-7-15(9-13(16)17)23(19,20)10-5-6-11(14(18)22-3)12(8-10)21-2/h5-6,8H,4,7,9H2,1-3H3,(H,16,17). The molecule has 0 atom stereocenters. The van der Waals surface area contributed by atoms with Crippen LogP contribution in [0.4, 0.5) is 0 Å². The molecule has 0 fully saturated rings. The van der Waals surface area contributed by atoms with Crippen molar-refractivity contribution in [3.8, 4) is 5.75 Å². The highest BCUT2D eigenvalue weighted by Gasteiger charge is 2.27. The van der Waals surface area contributed by atoms with E-state index in [9.17, 15) is 18.0 Å². The summed E-state index contributed by atoms with van der Waals surface area (Å²) in [6.45, 7) is 1.16. The summed E-state index contributed by atoms with van der Waals surface area (Å²) in [4.78, 5) is 22.3. The lowest BCUT2D eigenvalue weighted by molar-refractivity contribution is -0.137. The van der Waals surface area contributed by atoms with Crippen LogP contribution in [0.1, 0.15) is 23.7 Å². The maximum absolute atomic E-state index is 12.6. The third-order valence-corrected chi connectivity index (χ3v) is 4.84. The first-order valence-corrected chi connectivity index (χ1v) is 8.20. The summed E-state index contributed by atoms with van der Waals surface area (Å²) < 4.78 is 35.6. The van der Waals surface area contributed by atoms with E-state index in [1.54, 1.807) is 6.92 Å². The van der Waals surface area contributed by atoms with Gasteiger partial charge < -0.3 is 14.6 Å². The minimum atomic E-state index is -4.02. The van der Waals surface area contributed by atoms with E-state index >= 15 is 0 Å². The molecule has 0 bridgehead atoms. The molecule has 9 heteroatoms. The number of carbonyl (C=O) groups is 2. The largest absolute Gasteiger partial charge is 0.496 e. The minimum Gasteiger partial charge on any atom is -0.496 e. The number of carboxylic acids is 1. The van der Waals surface area contributed by atoms with E-state index in [1.165, 1.54) is 32.4 Å². The van der Waals surface area contributed by atoms with Gasteiger partial charge in [0.15, 0.2) is 0 Å². The molecule has 8 nitrogen and oxygen atoms in total. The van der Waals surface area contributed by atoms with Gasteiger partial charge >= 0.3 is 11.9 Å². The van der Waals surface area contributed by atoms with Crippen molar-refractivity contribution >= 4 is 22.0 Å². The molecule has 0 heterocycles. The number of methoxy groups -OCH3 is 2. The molecule has 1 aromatic carbocycles. The monoisotopic (exact) mass is 345 g/mol. The van der Waals surface area contributed by atoms with E-state index < -0.39 is 28.5 Å². The Bertz CT molecular complexity index is 684. The Morgan fingerprint density at radius 3 is 2.39 bits per heavy atom. The average molecular weight is 345 g/mol. The Morgan fingerprint density at radius 2 is 1.91 bits per heavy atom. The fourth-order valence-corrected chi connectivity index (χ4v) is 3.44. The van der Waals surface area contributed by atoms with Crippen LogP contribution in [0.2, 0.25) is 0 Å². The van der Waals surface area contributed by atoms with Crippen LogP contribution in [-0.2, 0) is 19.6 Å². The van der Waals surface area contributed by atoms with Crippen molar-refractivity contribution in [2.75, 3.05) is 27.3 Å². The van der Waals surface area contributed by atoms with Gasteiger partial charge in [-0.25, -0.2) is 13.2 Å². The first-order chi connectivity index (χ1) is 10.8. The van der Waals surface area contributed by atoms with Gasteiger partial charge in [0.1, 0.15) is 17.9 Å². The number of ether oxygens (including phenoxy) is 2. The topological polar surface area (TPSA) is 110 Å². The molecule has 0 aromatic heterocycles. The van der Waals surface area contributed by atoms with Crippen LogP contribution < -0.4 is 4.74 Å². The zero-order valence-corrected chi connectivity index (χ0v) is 13.9. The quantitative estimate of drug-likeness (QED) is 0.699. The fourth-order valence-electron chi connectivity index (χ4n) is 1.94. The second-order valence-corrected chi connectivity index (χ2v) is 6.52. The van der Waals surface area contributed by atoms with E-state index in [0.717, 1.165) is 4.31 Å². The van der Waals surface area contributed by atoms with Gasteiger partial charge in [-0.2, -0.15) is 4.31 Å². The number of hydrogen-bond acceptors (Lipinski definition) is 6. The van der Waals surface area contributed by atoms with Crippen LogP contribution in [-0.4, -0.2) is 57.1 Å². The molecular formula is C14H19NO7S. The van der Waals surface area contributed by atoms with Crippen molar-refractivity contribution < 1.29 is 32.6 Å². The number of esters is 1. The van der Waals surface area contributed by atoms with Crippen LogP contribution in [0.25, 0.3) is 0 Å². The number of nitrogens with zero attached hydrogens (tertiary/aromatic N) is 1. The lowest BCUT2D eigenvalue weighted by Crippen LogP contribution is -2.36. The Balaban J connectivity index is 3.31. The summed E-state index contributed by atoms with van der Waals surface area (Å²) >= 11 is 0. The highest BCUT2D eigenvalue weighted by molar-refractivity contribution is 7.89. The third-order valence-electron chi connectivity index (χ3n) is 3.00. The molecular weight excluding hydrogens is 326 g/mol. The molecule has 1 N–H and O–H groups in total. The molecule has 1 rings (SSSR count). The molecule has 0 amide bonds. The molecule has 0 spiro atoms. The van der Waals surface area contributed by atoms with Crippen LogP contribution in [0.5, 0.6) is 5.75 Å². The molecule has 0 aliphatic carbocycles. The van der Waals surface area contributed by atoms with Crippen molar-refractivity contribution in [1.29, 1.82) is 0 Å². The third kappa shape index (κ3) is 4.42. The maximum Gasteiger partial charge on any atom is 0.341 e. The van der Waals surface area contributed by atoms with Crippen molar-refractivity contribution in [2.45, 2.75) is 18.2 Å². The minimum absolute atomic E-state index is 0.0321. The average Bonchev–Trinajstić information content (AvgIpc) is 2.52. The van der Waals surface area contributed by atoms with E-state index in [1.807, 2.05) is 0 Å². The summed E-state index contributed by atoms with van der Waals surface area (Å²) in [5.41, 5.74) is 0.0780. The molecule has 1 aromatic rings. The second kappa shape index (κ2) is 7.93. The highest BCUT2D eigenvalue weighted by atomic mass is 32.2. The van der Waals surface area contributed by atoms with Crippen LogP contribution in [0.15, 0.2) is 23.1 Å². The van der Waals surface area contributed by atoms with Gasteiger partial charge in [-0.3, -0.25) is 4.79 Å². The predicted molar refractivity (Wildman–Crippen MR) is 81.0 cm³/mol. The molecule has 0 aliphatic rings. The summed E-state index contributed by atoms with van der Waals surface area (Å²) in [5.74, 6) is -1.88. The van der Waals surface area contributed by atoms with E-state index in [-0.39, 0.29) is 22.8 Å². The first kappa shape index (κ1) is 18.9. The number of sulfonamides is 1. The van der Waals surface area contributed by atoms with Crippen molar-refractivity contribution in [2.24, 2.45) is 0 Å². The summed E-state index contributed by atoms with van der Waals surface area (Å²) in [6, 6.07) is 3.66. The summed E-state index contributed by atoms with van der Waals surface area (Å²) in [5, 5.41) is 8.88. The number of aliphatic carboxylic acids is 1. The lowest BCUT2D eigenvalue weighted by atomic mass is 10.2. The normalized spacial score (nSPS) is 11.3. The first-order valence-electron chi connectivity index (χ1n) is 6.76. The SMILES string of the molecule is CCCN(CC(=O)O)S(=O)(=O)c1ccc(C(=O)OC)c(OC)c1. The van der Waals surface area contributed by atoms with Crippen LogP contribution >= 0.6 is 0 Å². The van der Waals surface area contributed by atoms with Crippen molar-refractivity contribution in [1.82, 2.24) is 4.31 Å². The van der Waals surface area contributed by atoms with Gasteiger partial charge in [0, 0.05) is 12.6 Å². The second-order valence-electron chi connectivity index (χ2n) is 4.59. The molecule has 23 heavy (non-hydrogen) atoms. The van der Waals surface area contributed by atoms with E-state index in [0.29, 0.717) is 6.42 Å². The molecule has 0 unspecified atom stereocenters. The van der Waals surface area contributed by atoms with E-state index in [4.69, 9.17) is 9.84 Å². The number of rotatable bonds is 8. The van der Waals surface area contributed by atoms with Gasteiger partial charge in [0.2, 0.25) is 10.0 Å². The van der Waals surface area contributed by atoms with Gasteiger partial charge in [-0.05, 0) is 18.6 Å². The molecule has 0 saturated heterocycles. The Labute approximate surface area is 134 Å². The summed E-state index contributed by atoms with van der Waals surface area (Å²) in [7, 11) is -1.53. The molecule has 128 valence electrons. The highest BCUT2D eigenvalue weighted by Crippen LogP contribution is 2.25. The number of hydrogen-bond donors (Lipinski definition) is 1. The maximum atomic E-state index is 12.6. The number of carbonyl (C=O) groups excluding carboxylic acids is 1. The van der Waals surface area contributed by atoms with Crippen LogP contribution in [0.3, 0.4) is 0 Å². The van der Waals surface area contributed by atoms with Gasteiger partial charge in [-0.15, -0.1) is 0 Å². The van der Waals surface area contributed by atoms with Crippen LogP contribution in [0, 0.1) is 0 Å². The van der Waals surface area contributed by atoms with Crippen molar-refractivity contribution in [3.63, 3.8) is 0 Å². The molecule has 0 saturated carbocycles. The predicted octanol–water partition coefficient (Wildman–Crippen LogP) is 0.967. The van der Waals surface area contributed by atoms with E-state index in [2.05, 4.69) is 4.74 Å². The summed E-state index contributed by atoms with van der Waals surface area (Å²) in [6.07, 6.45) is 0.462. The fraction of sp³-hybridized carbons (Fsp3) is 0.429. The zero-order chi connectivity index (χ0) is 17.6. The Kier molecular flexibility index (Phi) is 6.52. The molecule has 0 aliphatic heterocycles.